The van der Waals surface area contributed by atoms with Gasteiger partial charge in [0.1, 0.15) is 12.2 Å². The molecular weight excluding hydrogens is 268 g/mol. The lowest BCUT2D eigenvalue weighted by Crippen LogP contribution is -2.21. The molecular formula is C17H22O4. The highest BCUT2D eigenvalue weighted by molar-refractivity contribution is 5.90. The van der Waals surface area contributed by atoms with E-state index in [0.717, 1.165) is 17.6 Å². The highest BCUT2D eigenvalue weighted by Gasteiger charge is 2.38. The minimum absolute atomic E-state index is 0.0445. The molecule has 1 fully saturated rings. The maximum atomic E-state index is 11.7. The number of rotatable bonds is 1. The van der Waals surface area contributed by atoms with E-state index < -0.39 is 0 Å². The molecule has 1 aliphatic carbocycles. The molecule has 0 bridgehead atoms. The number of carbonyl (C=O) groups is 2. The first-order chi connectivity index (χ1) is 9.88. The Bertz CT molecular complexity index is 527. The summed E-state index contributed by atoms with van der Waals surface area (Å²) in [5.41, 5.74) is 2.72. The third kappa shape index (κ3) is 3.63. The smallest absolute Gasteiger partial charge is 0.334 e. The molecule has 0 unspecified atom stereocenters. The lowest BCUT2D eigenvalue weighted by molar-refractivity contribution is -0.144. The summed E-state index contributed by atoms with van der Waals surface area (Å²) in [6.45, 7) is 9.25. The maximum Gasteiger partial charge on any atom is 0.334 e. The fourth-order valence-electron chi connectivity index (χ4n) is 2.84. The second-order valence-electron chi connectivity index (χ2n) is 5.85. The number of hydrogen-bond acceptors (Lipinski definition) is 4. The molecule has 114 valence electrons. The van der Waals surface area contributed by atoms with E-state index >= 15 is 0 Å². The first-order valence-electron chi connectivity index (χ1n) is 7.27. The van der Waals surface area contributed by atoms with Crippen LogP contribution in [0.25, 0.3) is 0 Å². The van der Waals surface area contributed by atoms with Crippen LogP contribution in [0.3, 0.4) is 0 Å². The molecule has 0 aromatic rings. The van der Waals surface area contributed by atoms with Crippen molar-refractivity contribution in [2.45, 2.75) is 52.2 Å². The summed E-state index contributed by atoms with van der Waals surface area (Å²) in [6, 6.07) is 0. The summed E-state index contributed by atoms with van der Waals surface area (Å²) in [5, 5.41) is 0. The molecule has 0 aromatic carbocycles. The number of fused-ring (bicyclic) bond motifs is 1. The molecule has 4 heteroatoms. The third-order valence-electron chi connectivity index (χ3n) is 4.13. The van der Waals surface area contributed by atoms with Crippen molar-refractivity contribution in [3.05, 3.63) is 35.5 Å². The van der Waals surface area contributed by atoms with Gasteiger partial charge in [-0.25, -0.2) is 4.79 Å². The van der Waals surface area contributed by atoms with Crippen LogP contribution in [0.15, 0.2) is 35.5 Å². The second kappa shape index (κ2) is 6.29. The summed E-state index contributed by atoms with van der Waals surface area (Å²) in [7, 11) is 0. The molecule has 1 aliphatic heterocycles. The molecule has 2 rings (SSSR count). The minimum atomic E-state index is -0.292. The van der Waals surface area contributed by atoms with Gasteiger partial charge in [-0.2, -0.15) is 0 Å². The van der Waals surface area contributed by atoms with E-state index in [4.69, 9.17) is 9.47 Å². The SMILES string of the molecule is C=C1C(=O)O[C@@H]2C/C=C(\C)[C@@H](OC(C)=O)C/C=C(\C)C[C@@H]12. The van der Waals surface area contributed by atoms with Crippen LogP contribution in [0, 0.1) is 5.92 Å². The van der Waals surface area contributed by atoms with Gasteiger partial charge in [0.25, 0.3) is 0 Å². The van der Waals surface area contributed by atoms with Gasteiger partial charge in [0.2, 0.25) is 0 Å². The summed E-state index contributed by atoms with van der Waals surface area (Å²) in [6.07, 6.45) is 5.72. The molecule has 1 saturated heterocycles. The monoisotopic (exact) mass is 290 g/mol. The zero-order chi connectivity index (χ0) is 15.6. The number of esters is 2. The first-order valence-corrected chi connectivity index (χ1v) is 7.27. The second-order valence-corrected chi connectivity index (χ2v) is 5.85. The molecule has 0 N–H and O–H groups in total. The third-order valence-corrected chi connectivity index (χ3v) is 4.13. The van der Waals surface area contributed by atoms with Crippen LogP contribution in [0.1, 0.15) is 40.0 Å². The van der Waals surface area contributed by atoms with Crippen LogP contribution < -0.4 is 0 Å². The average molecular weight is 290 g/mol. The Hall–Kier alpha value is -1.84. The largest absolute Gasteiger partial charge is 0.458 e. The average Bonchev–Trinajstić information content (AvgIpc) is 2.67. The molecule has 2 aliphatic rings. The van der Waals surface area contributed by atoms with Crippen LogP contribution in [-0.2, 0) is 19.1 Å². The molecule has 0 saturated carbocycles. The Morgan fingerprint density at radius 3 is 2.71 bits per heavy atom. The Kier molecular flexibility index (Phi) is 4.66. The highest BCUT2D eigenvalue weighted by atomic mass is 16.6. The van der Waals surface area contributed by atoms with Crippen molar-refractivity contribution in [3.8, 4) is 0 Å². The predicted octanol–water partition coefficient (Wildman–Crippen LogP) is 3.09. The van der Waals surface area contributed by atoms with E-state index in [1.54, 1.807) is 0 Å². The minimum Gasteiger partial charge on any atom is -0.458 e. The summed E-state index contributed by atoms with van der Waals surface area (Å²) < 4.78 is 10.8. The number of allylic oxidation sites excluding steroid dienone is 1. The first kappa shape index (κ1) is 15.5. The van der Waals surface area contributed by atoms with Crippen molar-refractivity contribution in [2.24, 2.45) is 5.92 Å². The Morgan fingerprint density at radius 1 is 1.33 bits per heavy atom. The Labute approximate surface area is 125 Å². The van der Waals surface area contributed by atoms with Crippen LogP contribution in [0.2, 0.25) is 0 Å². The quantitative estimate of drug-likeness (QED) is 0.423. The van der Waals surface area contributed by atoms with Crippen molar-refractivity contribution < 1.29 is 19.1 Å². The molecule has 1 heterocycles. The van der Waals surface area contributed by atoms with E-state index in [9.17, 15) is 9.59 Å². The van der Waals surface area contributed by atoms with Crippen molar-refractivity contribution >= 4 is 11.9 Å². The van der Waals surface area contributed by atoms with Crippen LogP contribution in [-0.4, -0.2) is 24.1 Å². The van der Waals surface area contributed by atoms with E-state index in [2.05, 4.69) is 12.7 Å². The maximum absolute atomic E-state index is 11.7. The van der Waals surface area contributed by atoms with Crippen LogP contribution >= 0.6 is 0 Å². The van der Waals surface area contributed by atoms with E-state index in [0.29, 0.717) is 18.4 Å². The fourth-order valence-corrected chi connectivity index (χ4v) is 2.84. The van der Waals surface area contributed by atoms with Gasteiger partial charge in [0.05, 0.1) is 0 Å². The lowest BCUT2D eigenvalue weighted by Gasteiger charge is -2.22. The van der Waals surface area contributed by atoms with Crippen molar-refractivity contribution in [2.75, 3.05) is 0 Å². The number of ether oxygens (including phenoxy) is 2. The van der Waals surface area contributed by atoms with Gasteiger partial charge in [0, 0.05) is 31.3 Å². The fraction of sp³-hybridized carbons (Fsp3) is 0.529. The van der Waals surface area contributed by atoms with Crippen LogP contribution in [0.4, 0.5) is 0 Å². The van der Waals surface area contributed by atoms with Gasteiger partial charge in [-0.05, 0) is 25.8 Å². The molecule has 4 nitrogen and oxygen atoms in total. The Morgan fingerprint density at radius 2 is 2.05 bits per heavy atom. The predicted molar refractivity (Wildman–Crippen MR) is 79.4 cm³/mol. The van der Waals surface area contributed by atoms with E-state index in [-0.39, 0.29) is 30.1 Å². The number of hydrogen-bond donors (Lipinski definition) is 0. The summed E-state index contributed by atoms with van der Waals surface area (Å²) >= 11 is 0. The van der Waals surface area contributed by atoms with Crippen molar-refractivity contribution in [3.63, 3.8) is 0 Å². The van der Waals surface area contributed by atoms with Crippen molar-refractivity contribution in [1.82, 2.24) is 0 Å². The Balaban J connectivity index is 2.24. The zero-order valence-corrected chi connectivity index (χ0v) is 12.8. The van der Waals surface area contributed by atoms with Crippen LogP contribution in [0.5, 0.6) is 0 Å². The van der Waals surface area contributed by atoms with Gasteiger partial charge in [-0.1, -0.05) is 24.3 Å². The molecule has 0 spiro atoms. The standard InChI is InChI=1S/C17H22O4/c1-10-5-7-15(20-13(4)18)11(2)6-8-16-14(9-10)12(3)17(19)21-16/h5-6,14-16H,3,7-9H2,1-2,4H3/b10-5+,11-6+/t14-,15-,16+/m0/s1. The summed E-state index contributed by atoms with van der Waals surface area (Å²) in [5.74, 6) is -0.530. The van der Waals surface area contributed by atoms with Gasteiger partial charge in [0.15, 0.2) is 0 Å². The van der Waals surface area contributed by atoms with Gasteiger partial charge >= 0.3 is 11.9 Å². The lowest BCUT2D eigenvalue weighted by atomic mass is 9.87. The molecule has 0 radical (unpaired) electrons. The summed E-state index contributed by atoms with van der Waals surface area (Å²) in [4.78, 5) is 22.9. The molecule has 3 atom stereocenters. The molecule has 0 aromatic heterocycles. The van der Waals surface area contributed by atoms with Gasteiger partial charge < -0.3 is 9.47 Å². The topological polar surface area (TPSA) is 52.6 Å². The van der Waals surface area contributed by atoms with E-state index in [1.807, 2.05) is 19.9 Å². The van der Waals surface area contributed by atoms with Gasteiger partial charge in [-0.15, -0.1) is 0 Å². The van der Waals surface area contributed by atoms with Crippen molar-refractivity contribution in [1.29, 1.82) is 0 Å². The van der Waals surface area contributed by atoms with Gasteiger partial charge in [-0.3, -0.25) is 4.79 Å². The molecule has 0 amide bonds. The zero-order valence-electron chi connectivity index (χ0n) is 12.8. The number of carbonyl (C=O) groups excluding carboxylic acids is 2. The highest BCUT2D eigenvalue weighted by Crippen LogP contribution is 2.35. The van der Waals surface area contributed by atoms with E-state index in [1.165, 1.54) is 6.92 Å². The molecule has 21 heavy (non-hydrogen) atoms. The normalized spacial score (nSPS) is 34.9.